The summed E-state index contributed by atoms with van der Waals surface area (Å²) in [4.78, 5) is 102. The quantitative estimate of drug-likeness (QED) is 0.0644. The zero-order chi connectivity index (χ0) is 30.4. The van der Waals surface area contributed by atoms with Crippen molar-refractivity contribution in [2.75, 3.05) is 13.2 Å². The molecule has 0 aromatic heterocycles. The molecule has 2 fully saturated rings. The number of imide groups is 2. The topological polar surface area (TPSA) is 292 Å². The summed E-state index contributed by atoms with van der Waals surface area (Å²) in [6.07, 6.45) is -4.64. The molecule has 2 aliphatic heterocycles. The Morgan fingerprint density at radius 2 is 1.05 bits per heavy atom. The van der Waals surface area contributed by atoms with Crippen LogP contribution in [-0.4, -0.2) is 107 Å². The van der Waals surface area contributed by atoms with Crippen molar-refractivity contribution in [2.45, 2.75) is 49.0 Å². The normalized spacial score (nSPS) is 19.1. The summed E-state index contributed by atoms with van der Waals surface area (Å²) in [5.41, 5.74) is 0. The van der Waals surface area contributed by atoms with Crippen molar-refractivity contribution in [3.05, 3.63) is 0 Å². The molecule has 2 atom stereocenters. The van der Waals surface area contributed by atoms with Crippen LogP contribution in [0.5, 0.6) is 0 Å². The summed E-state index contributed by atoms with van der Waals surface area (Å²) in [6.45, 7) is -1.02. The second-order valence-corrected chi connectivity index (χ2v) is 11.0. The summed E-state index contributed by atoms with van der Waals surface area (Å²) in [7, 11) is -10.1. The van der Waals surface area contributed by atoms with Crippen LogP contribution in [0.25, 0.3) is 0 Å². The van der Waals surface area contributed by atoms with E-state index < -0.39 is 130 Å². The van der Waals surface area contributed by atoms with Gasteiger partial charge in [0.2, 0.25) is 0 Å². The average Bonchev–Trinajstić information content (AvgIpc) is 3.29. The van der Waals surface area contributed by atoms with E-state index in [4.69, 9.17) is 4.55 Å². The Morgan fingerprint density at radius 3 is 1.37 bits per heavy atom. The number of hydrogen-bond acceptors (Lipinski definition) is 17. The Balaban J connectivity index is 0.00000840. The number of ether oxygens (including phenoxy) is 2. The number of hydroxylamine groups is 4. The predicted octanol–water partition coefficient (Wildman–Crippen LogP) is -6.76. The molecule has 20 nitrogen and oxygen atoms in total. The molecular formula is C18H19N2NaO18S2. The van der Waals surface area contributed by atoms with Gasteiger partial charge in [-0.1, -0.05) is 0 Å². The van der Waals surface area contributed by atoms with Crippen LogP contribution < -0.4 is 29.6 Å². The molecule has 2 saturated heterocycles. The zero-order valence-corrected chi connectivity index (χ0v) is 24.5. The van der Waals surface area contributed by atoms with Gasteiger partial charge in [0.25, 0.3) is 33.7 Å². The van der Waals surface area contributed by atoms with E-state index in [1.165, 1.54) is 0 Å². The van der Waals surface area contributed by atoms with Crippen LogP contribution in [0.4, 0.5) is 0 Å². The molecule has 4 amide bonds. The van der Waals surface area contributed by atoms with Crippen LogP contribution in [0.1, 0.15) is 38.5 Å². The van der Waals surface area contributed by atoms with Crippen LogP contribution in [-0.2, 0) is 77.7 Å². The van der Waals surface area contributed by atoms with Gasteiger partial charge in [0, 0.05) is 0 Å². The smallest absolute Gasteiger partial charge is 0.747 e. The minimum atomic E-state index is -5.16. The largest absolute Gasteiger partial charge is 1.00 e. The van der Waals surface area contributed by atoms with Gasteiger partial charge >= 0.3 is 53.4 Å². The molecular weight excluding hydrogens is 619 g/mol. The Morgan fingerprint density at radius 1 is 0.707 bits per heavy atom. The predicted molar refractivity (Wildman–Crippen MR) is 114 cm³/mol. The number of hydrogen-bond donors (Lipinski definition) is 1. The van der Waals surface area contributed by atoms with Crippen molar-refractivity contribution >= 4 is 67.7 Å². The zero-order valence-electron chi connectivity index (χ0n) is 20.9. The first-order valence-electron chi connectivity index (χ1n) is 10.8. The minimum Gasteiger partial charge on any atom is -0.747 e. The first kappa shape index (κ1) is 36.0. The Hall–Kier alpha value is -3.02. The molecule has 41 heavy (non-hydrogen) atoms. The fourth-order valence-corrected chi connectivity index (χ4v) is 4.37. The van der Waals surface area contributed by atoms with Gasteiger partial charge in [0.05, 0.1) is 38.5 Å². The molecule has 23 heteroatoms. The van der Waals surface area contributed by atoms with Crippen molar-refractivity contribution in [1.29, 1.82) is 0 Å². The van der Waals surface area contributed by atoms with Crippen LogP contribution in [0, 0.1) is 0 Å². The molecule has 2 aliphatic rings. The third kappa shape index (κ3) is 10.4. The van der Waals surface area contributed by atoms with Crippen LogP contribution in [0.3, 0.4) is 0 Å². The first-order chi connectivity index (χ1) is 18.4. The summed E-state index contributed by atoms with van der Waals surface area (Å²) >= 11 is 0. The molecule has 2 heterocycles. The molecule has 2 rings (SSSR count). The third-order valence-electron chi connectivity index (χ3n) is 4.89. The second-order valence-electron chi connectivity index (χ2n) is 7.81. The van der Waals surface area contributed by atoms with Gasteiger partial charge in [0.1, 0.15) is 28.6 Å². The summed E-state index contributed by atoms with van der Waals surface area (Å²) < 4.78 is 73.1. The number of amides is 4. The molecule has 0 aromatic carbocycles. The Bertz CT molecular complexity index is 1240. The van der Waals surface area contributed by atoms with Gasteiger partial charge in [-0.05, 0) is 0 Å². The van der Waals surface area contributed by atoms with Crippen molar-refractivity contribution in [1.82, 2.24) is 10.1 Å². The molecule has 0 bridgehead atoms. The summed E-state index contributed by atoms with van der Waals surface area (Å²) in [5, 5.41) is -4.68. The van der Waals surface area contributed by atoms with E-state index in [0.717, 1.165) is 0 Å². The number of carbonyl (C=O) groups is 8. The fraction of sp³-hybridized carbons (Fsp3) is 0.556. The average molecular weight is 638 g/mol. The number of rotatable bonds is 13. The van der Waals surface area contributed by atoms with E-state index in [1.54, 1.807) is 0 Å². The standard InChI is InChI=1S/C18H20N2O18S2.Na/c21-11-7-9(39(29,30)31)17(27)19(11)37-15(25)3-1-13(23)35-5-6-36-14(24)2-4-16(26)38-20-12(22)8-10(18(20)28)40(32,33)34;/h9-10H,1-8H2,(H,29,30,31)(H,32,33,34);/q;+1/p-1. The number of nitrogens with zero attached hydrogens (tertiary/aromatic N) is 2. The van der Waals surface area contributed by atoms with Crippen molar-refractivity contribution in [3.8, 4) is 0 Å². The van der Waals surface area contributed by atoms with Crippen LogP contribution >= 0.6 is 0 Å². The van der Waals surface area contributed by atoms with Gasteiger partial charge in [-0.3, -0.25) is 33.3 Å². The maximum Gasteiger partial charge on any atom is 1.00 e. The summed E-state index contributed by atoms with van der Waals surface area (Å²) in [6, 6.07) is 0. The number of esters is 2. The molecule has 0 radical (unpaired) electrons. The van der Waals surface area contributed by atoms with Crippen molar-refractivity contribution in [3.63, 3.8) is 0 Å². The maximum absolute atomic E-state index is 11.8. The van der Waals surface area contributed by atoms with E-state index in [1.807, 2.05) is 0 Å². The maximum atomic E-state index is 11.8. The first-order valence-corrected chi connectivity index (χ1v) is 13.8. The Labute approximate surface area is 252 Å². The molecule has 0 saturated carbocycles. The molecule has 0 aromatic rings. The molecule has 222 valence electrons. The molecule has 2 unspecified atom stereocenters. The van der Waals surface area contributed by atoms with Crippen molar-refractivity contribution in [2.24, 2.45) is 0 Å². The van der Waals surface area contributed by atoms with Crippen LogP contribution in [0.2, 0.25) is 0 Å². The van der Waals surface area contributed by atoms with Gasteiger partial charge < -0.3 is 23.7 Å². The van der Waals surface area contributed by atoms with Gasteiger partial charge in [0.15, 0.2) is 5.25 Å². The van der Waals surface area contributed by atoms with Crippen molar-refractivity contribution < 1.29 is 113 Å². The van der Waals surface area contributed by atoms with Gasteiger partial charge in [-0.25, -0.2) is 18.0 Å². The number of carbonyl (C=O) groups excluding carboxylic acids is 8. The molecule has 0 aliphatic carbocycles. The minimum absolute atomic E-state index is 0. The van der Waals surface area contributed by atoms with E-state index in [-0.39, 0.29) is 39.7 Å². The van der Waals surface area contributed by atoms with E-state index in [9.17, 15) is 59.7 Å². The molecule has 0 spiro atoms. The summed E-state index contributed by atoms with van der Waals surface area (Å²) in [5.74, 6) is -10.1. The second kappa shape index (κ2) is 14.7. The SMILES string of the molecule is O=C(CCC(=O)ON1C(=O)CC(S(=O)(=O)[O-])C1=O)OCCOC(=O)CCC(=O)ON1C(=O)CC(S(=O)(=O)O)C1=O.[Na+]. The van der Waals surface area contributed by atoms with E-state index >= 15 is 0 Å². The Kier molecular flexibility index (Phi) is 12.9. The van der Waals surface area contributed by atoms with Gasteiger partial charge in [-0.2, -0.15) is 8.42 Å². The van der Waals surface area contributed by atoms with Crippen LogP contribution in [0.15, 0.2) is 0 Å². The van der Waals surface area contributed by atoms with Gasteiger partial charge in [-0.15, -0.1) is 10.1 Å². The monoisotopic (exact) mass is 638 g/mol. The van der Waals surface area contributed by atoms with E-state index in [2.05, 4.69) is 19.1 Å². The fourth-order valence-electron chi connectivity index (χ4n) is 2.97. The third-order valence-corrected chi connectivity index (χ3v) is 7.05. The van der Waals surface area contributed by atoms with E-state index in [0.29, 0.717) is 0 Å². The molecule has 1 N–H and O–H groups in total.